The number of hydrogen-bond donors (Lipinski definition) is 0. The van der Waals surface area contributed by atoms with Crippen LogP contribution in [0.25, 0.3) is 10.9 Å². The number of benzene rings is 2. The molecule has 0 N–H and O–H groups in total. The lowest BCUT2D eigenvalue weighted by molar-refractivity contribution is 0.0472. The van der Waals surface area contributed by atoms with E-state index in [0.29, 0.717) is 22.4 Å². The summed E-state index contributed by atoms with van der Waals surface area (Å²) in [6.45, 7) is 5.31. The minimum Gasteiger partial charge on any atom is -0.496 e. The van der Waals surface area contributed by atoms with Gasteiger partial charge in [-0.2, -0.15) is 0 Å². The zero-order chi connectivity index (χ0) is 19.6. The van der Waals surface area contributed by atoms with Gasteiger partial charge < -0.3 is 9.47 Å². The molecule has 0 bridgehead atoms. The zero-order valence-electron chi connectivity index (χ0n) is 15.8. The van der Waals surface area contributed by atoms with Crippen LogP contribution in [0.2, 0.25) is 0 Å². The largest absolute Gasteiger partial charge is 0.496 e. The Labute approximate surface area is 157 Å². The summed E-state index contributed by atoms with van der Waals surface area (Å²) in [5.41, 5.74) is 4.20. The first kappa shape index (κ1) is 18.6. The van der Waals surface area contributed by atoms with Crippen molar-refractivity contribution < 1.29 is 19.1 Å². The lowest BCUT2D eigenvalue weighted by atomic mass is 10.1. The lowest BCUT2D eigenvalue weighted by Gasteiger charge is -2.12. The molecule has 0 aliphatic carbocycles. The van der Waals surface area contributed by atoms with Crippen molar-refractivity contribution in [1.82, 2.24) is 4.98 Å². The molecule has 5 nitrogen and oxygen atoms in total. The number of pyridine rings is 1. The molecule has 0 saturated carbocycles. The van der Waals surface area contributed by atoms with Crippen LogP contribution in [0.3, 0.4) is 0 Å². The first-order valence-corrected chi connectivity index (χ1v) is 8.62. The standard InChI is InChI=1S/C22H21NO4/c1-13-5-7-20-18(9-13)19(10-14(2)23-20)22(25)27-12-17-11-16(15(3)24)6-8-21(17)26-4/h5-11H,12H2,1-4H3. The van der Waals surface area contributed by atoms with Gasteiger partial charge in [0.05, 0.1) is 18.2 Å². The number of ketones is 1. The molecule has 1 heterocycles. The van der Waals surface area contributed by atoms with Crippen molar-refractivity contribution in [2.45, 2.75) is 27.4 Å². The number of aryl methyl sites for hydroxylation is 2. The SMILES string of the molecule is COc1ccc(C(C)=O)cc1COC(=O)c1cc(C)nc2ccc(C)cc12. The summed E-state index contributed by atoms with van der Waals surface area (Å²) in [6, 6.07) is 12.6. The average molecular weight is 363 g/mol. The number of methoxy groups -OCH3 is 1. The van der Waals surface area contributed by atoms with E-state index in [2.05, 4.69) is 4.98 Å². The van der Waals surface area contributed by atoms with Crippen LogP contribution in [0.1, 0.15) is 44.5 Å². The van der Waals surface area contributed by atoms with Crippen molar-refractivity contribution in [1.29, 1.82) is 0 Å². The Bertz CT molecular complexity index is 1040. The van der Waals surface area contributed by atoms with Crippen LogP contribution < -0.4 is 4.74 Å². The Morgan fingerprint density at radius 2 is 1.81 bits per heavy atom. The molecule has 0 saturated heterocycles. The van der Waals surface area contributed by atoms with Gasteiger partial charge in [0, 0.05) is 22.2 Å². The van der Waals surface area contributed by atoms with Crippen molar-refractivity contribution in [3.8, 4) is 5.75 Å². The molecule has 0 atom stereocenters. The average Bonchev–Trinajstić information content (AvgIpc) is 2.65. The molecule has 0 aliphatic rings. The highest BCUT2D eigenvalue weighted by atomic mass is 16.5. The summed E-state index contributed by atoms with van der Waals surface area (Å²) in [6.07, 6.45) is 0. The molecule has 0 spiro atoms. The maximum absolute atomic E-state index is 12.8. The van der Waals surface area contributed by atoms with E-state index in [-0.39, 0.29) is 12.4 Å². The number of esters is 1. The predicted molar refractivity (Wildman–Crippen MR) is 103 cm³/mol. The van der Waals surface area contributed by atoms with Gasteiger partial charge in [0.1, 0.15) is 12.4 Å². The molecule has 0 unspecified atom stereocenters. The molecule has 27 heavy (non-hydrogen) atoms. The second-order valence-corrected chi connectivity index (χ2v) is 6.49. The Balaban J connectivity index is 1.91. The predicted octanol–water partition coefficient (Wildman–Crippen LogP) is 4.42. The van der Waals surface area contributed by atoms with Gasteiger partial charge in [0.2, 0.25) is 0 Å². The highest BCUT2D eigenvalue weighted by Gasteiger charge is 2.15. The third-order valence-electron chi connectivity index (χ3n) is 4.36. The van der Waals surface area contributed by atoms with Crippen molar-refractivity contribution >= 4 is 22.7 Å². The Morgan fingerprint density at radius 3 is 2.52 bits per heavy atom. The van der Waals surface area contributed by atoms with Gasteiger partial charge in [-0.3, -0.25) is 9.78 Å². The smallest absolute Gasteiger partial charge is 0.339 e. The summed E-state index contributed by atoms with van der Waals surface area (Å²) in [5.74, 6) is 0.0715. The molecule has 0 radical (unpaired) electrons. The van der Waals surface area contributed by atoms with Gasteiger partial charge >= 0.3 is 5.97 Å². The summed E-state index contributed by atoms with van der Waals surface area (Å²) < 4.78 is 10.8. The molecule has 2 aromatic carbocycles. The number of nitrogens with zero attached hydrogens (tertiary/aromatic N) is 1. The van der Waals surface area contributed by atoms with Crippen LogP contribution in [-0.4, -0.2) is 23.8 Å². The second kappa shape index (κ2) is 7.58. The van der Waals surface area contributed by atoms with Crippen LogP contribution in [0.5, 0.6) is 5.75 Å². The summed E-state index contributed by atoms with van der Waals surface area (Å²) in [7, 11) is 1.54. The Kier molecular flexibility index (Phi) is 5.21. The third kappa shape index (κ3) is 3.97. The quantitative estimate of drug-likeness (QED) is 0.496. The monoisotopic (exact) mass is 363 g/mol. The van der Waals surface area contributed by atoms with Gasteiger partial charge in [-0.15, -0.1) is 0 Å². The highest BCUT2D eigenvalue weighted by molar-refractivity contribution is 6.03. The number of fused-ring (bicyclic) bond motifs is 1. The fourth-order valence-electron chi connectivity index (χ4n) is 2.97. The van der Waals surface area contributed by atoms with E-state index in [0.717, 1.165) is 22.2 Å². The number of rotatable bonds is 5. The fraction of sp³-hybridized carbons (Fsp3) is 0.227. The summed E-state index contributed by atoms with van der Waals surface area (Å²) in [5, 5.41) is 0.759. The third-order valence-corrected chi connectivity index (χ3v) is 4.36. The number of hydrogen-bond acceptors (Lipinski definition) is 5. The number of carbonyl (C=O) groups excluding carboxylic acids is 2. The van der Waals surface area contributed by atoms with Crippen LogP contribution in [-0.2, 0) is 11.3 Å². The van der Waals surface area contributed by atoms with E-state index in [1.165, 1.54) is 14.0 Å². The molecular weight excluding hydrogens is 342 g/mol. The first-order chi connectivity index (χ1) is 12.9. The zero-order valence-corrected chi connectivity index (χ0v) is 15.8. The Morgan fingerprint density at radius 1 is 1.04 bits per heavy atom. The van der Waals surface area contributed by atoms with E-state index in [1.807, 2.05) is 32.0 Å². The lowest BCUT2D eigenvalue weighted by Crippen LogP contribution is -2.08. The van der Waals surface area contributed by atoms with Crippen molar-refractivity contribution in [2.24, 2.45) is 0 Å². The summed E-state index contributed by atoms with van der Waals surface area (Å²) in [4.78, 5) is 28.8. The maximum Gasteiger partial charge on any atom is 0.339 e. The highest BCUT2D eigenvalue weighted by Crippen LogP contribution is 2.24. The minimum atomic E-state index is -0.439. The molecule has 3 rings (SSSR count). The fourth-order valence-corrected chi connectivity index (χ4v) is 2.97. The normalized spacial score (nSPS) is 10.7. The molecule has 5 heteroatoms. The summed E-state index contributed by atoms with van der Waals surface area (Å²) >= 11 is 0. The number of carbonyl (C=O) groups is 2. The molecule has 138 valence electrons. The molecule has 1 aromatic heterocycles. The topological polar surface area (TPSA) is 65.5 Å². The molecule has 0 amide bonds. The van der Waals surface area contributed by atoms with Gasteiger partial charge in [-0.1, -0.05) is 11.6 Å². The van der Waals surface area contributed by atoms with Gasteiger partial charge in [0.15, 0.2) is 5.78 Å². The van der Waals surface area contributed by atoms with Crippen molar-refractivity contribution in [3.63, 3.8) is 0 Å². The van der Waals surface area contributed by atoms with E-state index < -0.39 is 5.97 Å². The minimum absolute atomic E-state index is 0.0117. The van der Waals surface area contributed by atoms with Gasteiger partial charge in [-0.25, -0.2) is 4.79 Å². The second-order valence-electron chi connectivity index (χ2n) is 6.49. The Hall–Kier alpha value is -3.21. The number of ether oxygens (including phenoxy) is 2. The van der Waals surface area contributed by atoms with Crippen LogP contribution in [0.4, 0.5) is 0 Å². The van der Waals surface area contributed by atoms with E-state index in [9.17, 15) is 9.59 Å². The van der Waals surface area contributed by atoms with Crippen molar-refractivity contribution in [2.75, 3.05) is 7.11 Å². The van der Waals surface area contributed by atoms with Gasteiger partial charge in [-0.05, 0) is 57.2 Å². The number of Topliss-reactive ketones (excluding diaryl/α,β-unsaturated/α-hetero) is 1. The molecule has 0 aliphatic heterocycles. The molecule has 0 fully saturated rings. The molecule has 3 aromatic rings. The van der Waals surface area contributed by atoms with E-state index in [1.54, 1.807) is 24.3 Å². The van der Waals surface area contributed by atoms with Crippen molar-refractivity contribution in [3.05, 3.63) is 70.4 Å². The van der Waals surface area contributed by atoms with Crippen LogP contribution in [0.15, 0.2) is 42.5 Å². The van der Waals surface area contributed by atoms with Gasteiger partial charge in [0.25, 0.3) is 0 Å². The van der Waals surface area contributed by atoms with E-state index in [4.69, 9.17) is 9.47 Å². The van der Waals surface area contributed by atoms with Crippen LogP contribution >= 0.6 is 0 Å². The van der Waals surface area contributed by atoms with Crippen LogP contribution in [0, 0.1) is 13.8 Å². The maximum atomic E-state index is 12.8. The first-order valence-electron chi connectivity index (χ1n) is 8.62. The van der Waals surface area contributed by atoms with E-state index >= 15 is 0 Å². The molecular formula is C22H21NO4. The number of aromatic nitrogens is 1.